The molecule has 0 spiro atoms. The molecule has 0 saturated carbocycles. The molecular formula is C22H27N3O2. The Labute approximate surface area is 161 Å². The van der Waals surface area contributed by atoms with Crippen molar-refractivity contribution in [3.8, 4) is 0 Å². The molecule has 0 aromatic heterocycles. The van der Waals surface area contributed by atoms with E-state index in [2.05, 4.69) is 17.4 Å². The number of rotatable bonds is 7. The van der Waals surface area contributed by atoms with Crippen LogP contribution in [-0.4, -0.2) is 49.4 Å². The number of benzene rings is 2. The van der Waals surface area contributed by atoms with E-state index >= 15 is 0 Å². The SMILES string of the molecule is CN(C(=O)CC1NCCN(CCCc2ccccc2)C1=O)c1ccccc1. The molecule has 2 amide bonds. The van der Waals surface area contributed by atoms with Crippen LogP contribution in [0.4, 0.5) is 5.69 Å². The zero-order valence-corrected chi connectivity index (χ0v) is 15.8. The van der Waals surface area contributed by atoms with Gasteiger partial charge in [0, 0.05) is 32.4 Å². The van der Waals surface area contributed by atoms with E-state index in [1.165, 1.54) is 5.56 Å². The third-order valence-corrected chi connectivity index (χ3v) is 5.01. The fraction of sp³-hybridized carbons (Fsp3) is 0.364. The number of carbonyl (C=O) groups excluding carboxylic acids is 2. The van der Waals surface area contributed by atoms with Crippen LogP contribution in [0, 0.1) is 0 Å². The van der Waals surface area contributed by atoms with Gasteiger partial charge in [0.05, 0.1) is 12.5 Å². The first-order chi connectivity index (χ1) is 13.1. The van der Waals surface area contributed by atoms with Crippen molar-refractivity contribution in [1.82, 2.24) is 10.2 Å². The van der Waals surface area contributed by atoms with Gasteiger partial charge in [-0.2, -0.15) is 0 Å². The first kappa shape index (κ1) is 19.1. The van der Waals surface area contributed by atoms with E-state index in [1.807, 2.05) is 53.4 Å². The zero-order chi connectivity index (χ0) is 19.1. The Morgan fingerprint density at radius 3 is 2.48 bits per heavy atom. The molecule has 3 rings (SSSR count). The van der Waals surface area contributed by atoms with Crippen LogP contribution in [0.2, 0.25) is 0 Å². The number of nitrogens with one attached hydrogen (secondary N) is 1. The van der Waals surface area contributed by atoms with Crippen LogP contribution in [0.3, 0.4) is 0 Å². The summed E-state index contributed by atoms with van der Waals surface area (Å²) in [5.74, 6) is -0.0256. The number of aryl methyl sites for hydroxylation is 1. The van der Waals surface area contributed by atoms with Crippen molar-refractivity contribution in [3.05, 3.63) is 66.2 Å². The molecule has 1 aliphatic rings. The first-order valence-corrected chi connectivity index (χ1v) is 9.53. The monoisotopic (exact) mass is 365 g/mol. The summed E-state index contributed by atoms with van der Waals surface area (Å²) < 4.78 is 0. The molecule has 1 atom stereocenters. The standard InChI is InChI=1S/C22H27N3O2/c1-24(19-12-6-3-7-13-19)21(26)17-20-22(27)25(16-14-23-20)15-8-11-18-9-4-2-5-10-18/h2-7,9-10,12-13,20,23H,8,11,14-17H2,1H3. The van der Waals surface area contributed by atoms with Crippen LogP contribution in [0.1, 0.15) is 18.4 Å². The van der Waals surface area contributed by atoms with Gasteiger partial charge < -0.3 is 15.1 Å². The number of amides is 2. The highest BCUT2D eigenvalue weighted by atomic mass is 16.2. The molecule has 1 aliphatic heterocycles. The highest BCUT2D eigenvalue weighted by Crippen LogP contribution is 2.15. The lowest BCUT2D eigenvalue weighted by atomic mass is 10.1. The molecule has 1 unspecified atom stereocenters. The third kappa shape index (κ3) is 5.17. The summed E-state index contributed by atoms with van der Waals surface area (Å²) in [5.41, 5.74) is 2.13. The molecule has 2 aromatic rings. The summed E-state index contributed by atoms with van der Waals surface area (Å²) >= 11 is 0. The molecule has 0 bridgehead atoms. The average Bonchev–Trinajstić information content (AvgIpc) is 2.71. The van der Waals surface area contributed by atoms with Crippen LogP contribution in [0.5, 0.6) is 0 Å². The molecule has 0 aliphatic carbocycles. The van der Waals surface area contributed by atoms with E-state index in [0.29, 0.717) is 6.54 Å². The van der Waals surface area contributed by atoms with E-state index < -0.39 is 6.04 Å². The molecule has 1 N–H and O–H groups in total. The molecule has 5 nitrogen and oxygen atoms in total. The second-order valence-electron chi connectivity index (χ2n) is 6.91. The Bertz CT molecular complexity index is 749. The molecule has 27 heavy (non-hydrogen) atoms. The van der Waals surface area contributed by atoms with Crippen molar-refractivity contribution in [3.63, 3.8) is 0 Å². The van der Waals surface area contributed by atoms with Gasteiger partial charge in [-0.1, -0.05) is 48.5 Å². The van der Waals surface area contributed by atoms with Crippen molar-refractivity contribution in [2.75, 3.05) is 31.6 Å². The van der Waals surface area contributed by atoms with Gasteiger partial charge in [0.15, 0.2) is 0 Å². The fourth-order valence-corrected chi connectivity index (χ4v) is 3.40. The van der Waals surface area contributed by atoms with Crippen LogP contribution in [0.25, 0.3) is 0 Å². The summed E-state index contributed by atoms with van der Waals surface area (Å²) in [5, 5.41) is 3.21. The van der Waals surface area contributed by atoms with Gasteiger partial charge >= 0.3 is 0 Å². The van der Waals surface area contributed by atoms with Gasteiger partial charge in [-0.25, -0.2) is 0 Å². The lowest BCUT2D eigenvalue weighted by Crippen LogP contribution is -2.56. The Kier molecular flexibility index (Phi) is 6.60. The highest BCUT2D eigenvalue weighted by Gasteiger charge is 2.30. The van der Waals surface area contributed by atoms with E-state index in [4.69, 9.17) is 0 Å². The molecule has 2 aromatic carbocycles. The van der Waals surface area contributed by atoms with Crippen molar-refractivity contribution in [1.29, 1.82) is 0 Å². The number of para-hydroxylation sites is 1. The minimum atomic E-state index is -0.436. The number of anilines is 1. The summed E-state index contributed by atoms with van der Waals surface area (Å²) in [6.45, 7) is 2.16. The minimum Gasteiger partial charge on any atom is -0.340 e. The van der Waals surface area contributed by atoms with Crippen molar-refractivity contribution < 1.29 is 9.59 Å². The summed E-state index contributed by atoms with van der Waals surface area (Å²) in [4.78, 5) is 28.8. The quantitative estimate of drug-likeness (QED) is 0.820. The maximum Gasteiger partial charge on any atom is 0.240 e. The van der Waals surface area contributed by atoms with Gasteiger partial charge in [0.1, 0.15) is 0 Å². The van der Waals surface area contributed by atoms with E-state index in [9.17, 15) is 9.59 Å². The molecule has 0 radical (unpaired) electrons. The van der Waals surface area contributed by atoms with Gasteiger partial charge in [0.25, 0.3) is 0 Å². The summed E-state index contributed by atoms with van der Waals surface area (Å²) in [7, 11) is 1.75. The predicted octanol–water partition coefficient (Wildman–Crippen LogP) is 2.47. The Balaban J connectivity index is 1.51. The average molecular weight is 365 g/mol. The molecule has 142 valence electrons. The number of piperazine rings is 1. The predicted molar refractivity (Wildman–Crippen MR) is 108 cm³/mol. The van der Waals surface area contributed by atoms with Gasteiger partial charge in [0.2, 0.25) is 11.8 Å². The van der Waals surface area contributed by atoms with Crippen molar-refractivity contribution in [2.24, 2.45) is 0 Å². The first-order valence-electron chi connectivity index (χ1n) is 9.53. The normalized spacial score (nSPS) is 17.0. The fourth-order valence-electron chi connectivity index (χ4n) is 3.40. The molecule has 5 heteroatoms. The van der Waals surface area contributed by atoms with Gasteiger partial charge in [-0.05, 0) is 30.5 Å². The van der Waals surface area contributed by atoms with Crippen LogP contribution in [-0.2, 0) is 16.0 Å². The minimum absolute atomic E-state index is 0.0316. The van der Waals surface area contributed by atoms with E-state index in [0.717, 1.165) is 31.6 Å². The van der Waals surface area contributed by atoms with Crippen LogP contribution < -0.4 is 10.2 Å². The van der Waals surface area contributed by atoms with Crippen LogP contribution in [0.15, 0.2) is 60.7 Å². The topological polar surface area (TPSA) is 52.7 Å². The third-order valence-electron chi connectivity index (χ3n) is 5.01. The van der Waals surface area contributed by atoms with Crippen molar-refractivity contribution >= 4 is 17.5 Å². The highest BCUT2D eigenvalue weighted by molar-refractivity contribution is 5.97. The number of hydrogen-bond acceptors (Lipinski definition) is 3. The smallest absolute Gasteiger partial charge is 0.240 e. The maximum absolute atomic E-state index is 12.8. The van der Waals surface area contributed by atoms with Gasteiger partial charge in [-0.15, -0.1) is 0 Å². The van der Waals surface area contributed by atoms with E-state index in [1.54, 1.807) is 11.9 Å². The largest absolute Gasteiger partial charge is 0.340 e. The lowest BCUT2D eigenvalue weighted by molar-refractivity contribution is -0.137. The van der Waals surface area contributed by atoms with Gasteiger partial charge in [-0.3, -0.25) is 9.59 Å². The van der Waals surface area contributed by atoms with Crippen molar-refractivity contribution in [2.45, 2.75) is 25.3 Å². The molecule has 1 heterocycles. The molecule has 1 fully saturated rings. The zero-order valence-electron chi connectivity index (χ0n) is 15.8. The van der Waals surface area contributed by atoms with E-state index in [-0.39, 0.29) is 18.2 Å². The Hall–Kier alpha value is -2.66. The maximum atomic E-state index is 12.8. The Morgan fingerprint density at radius 2 is 1.78 bits per heavy atom. The summed E-state index contributed by atoms with van der Waals surface area (Å²) in [6.07, 6.45) is 2.07. The second kappa shape index (κ2) is 9.33. The number of carbonyl (C=O) groups is 2. The molecular weight excluding hydrogens is 338 g/mol. The molecule has 1 saturated heterocycles. The number of nitrogens with zero attached hydrogens (tertiary/aromatic N) is 2. The number of hydrogen-bond donors (Lipinski definition) is 1. The lowest BCUT2D eigenvalue weighted by Gasteiger charge is -2.33. The summed E-state index contributed by atoms with van der Waals surface area (Å²) in [6, 6.07) is 19.4. The second-order valence-corrected chi connectivity index (χ2v) is 6.91. The van der Waals surface area contributed by atoms with Crippen LogP contribution >= 0.6 is 0 Å². The Morgan fingerprint density at radius 1 is 1.11 bits per heavy atom.